The molecule has 98 valence electrons. The third kappa shape index (κ3) is 2.00. The monoisotopic (exact) mass is 254 g/mol. The Morgan fingerprint density at radius 1 is 1.22 bits per heavy atom. The van der Waals surface area contributed by atoms with Gasteiger partial charge in [0.05, 0.1) is 5.41 Å². The summed E-state index contributed by atoms with van der Waals surface area (Å²) in [6.45, 7) is 3.87. The summed E-state index contributed by atoms with van der Waals surface area (Å²) < 4.78 is 31.7. The molecule has 0 aliphatic heterocycles. The van der Waals surface area contributed by atoms with Crippen LogP contribution >= 0.6 is 0 Å². The Hall–Kier alpha value is -1.45. The van der Waals surface area contributed by atoms with Crippen LogP contribution in [0.2, 0.25) is 0 Å². The number of hydrogen-bond acceptors (Lipinski definition) is 2. The van der Waals surface area contributed by atoms with Gasteiger partial charge in [0.1, 0.15) is 29.3 Å². The van der Waals surface area contributed by atoms with Gasteiger partial charge < -0.3 is 4.74 Å². The molecule has 0 spiro atoms. The van der Waals surface area contributed by atoms with Crippen LogP contribution in [0.3, 0.4) is 0 Å². The lowest BCUT2D eigenvalue weighted by molar-refractivity contribution is -0.153. The Kier molecular flexibility index (Phi) is 3.37. The lowest BCUT2D eigenvalue weighted by Gasteiger charge is -2.46. The molecule has 2 nitrogen and oxygen atoms in total. The average molecular weight is 254 g/mol. The van der Waals surface area contributed by atoms with Gasteiger partial charge in [-0.25, -0.2) is 8.78 Å². The minimum Gasteiger partial charge on any atom is -0.489 e. The average Bonchev–Trinajstić information content (AvgIpc) is 2.29. The van der Waals surface area contributed by atoms with Crippen molar-refractivity contribution in [3.63, 3.8) is 0 Å². The first-order valence-corrected chi connectivity index (χ1v) is 6.18. The molecular weight excluding hydrogens is 238 g/mol. The van der Waals surface area contributed by atoms with Crippen LogP contribution in [-0.4, -0.2) is 11.9 Å². The molecule has 0 N–H and O–H groups in total. The van der Waals surface area contributed by atoms with Gasteiger partial charge in [-0.3, -0.25) is 4.79 Å². The van der Waals surface area contributed by atoms with Gasteiger partial charge in [-0.1, -0.05) is 13.8 Å². The summed E-state index contributed by atoms with van der Waals surface area (Å²) in [5.41, 5.74) is -0.483. The Bertz CT molecular complexity index is 447. The van der Waals surface area contributed by atoms with Crippen LogP contribution in [0, 0.1) is 17.0 Å². The summed E-state index contributed by atoms with van der Waals surface area (Å²) in [7, 11) is 0. The SMILES string of the molecule is CCC1(CC)C(=O)CC1Oc1cc(F)cc(F)c1. The van der Waals surface area contributed by atoms with Crippen LogP contribution in [0.5, 0.6) is 5.75 Å². The van der Waals surface area contributed by atoms with Crippen LogP contribution in [0.15, 0.2) is 18.2 Å². The number of halogens is 2. The number of hydrogen-bond donors (Lipinski definition) is 0. The second kappa shape index (κ2) is 4.67. The van der Waals surface area contributed by atoms with Gasteiger partial charge in [-0.05, 0) is 12.8 Å². The fourth-order valence-corrected chi connectivity index (χ4v) is 2.63. The number of rotatable bonds is 4. The maximum Gasteiger partial charge on any atom is 0.146 e. The highest BCUT2D eigenvalue weighted by Gasteiger charge is 2.53. The molecule has 1 aliphatic rings. The van der Waals surface area contributed by atoms with Crippen molar-refractivity contribution in [2.75, 3.05) is 0 Å². The normalized spacial score (nSPS) is 21.6. The van der Waals surface area contributed by atoms with Gasteiger partial charge >= 0.3 is 0 Å². The quantitative estimate of drug-likeness (QED) is 0.822. The van der Waals surface area contributed by atoms with Gasteiger partial charge in [-0.2, -0.15) is 0 Å². The van der Waals surface area contributed by atoms with Crippen LogP contribution in [0.4, 0.5) is 8.78 Å². The molecule has 1 fully saturated rings. The van der Waals surface area contributed by atoms with Crippen LogP contribution in [-0.2, 0) is 4.79 Å². The van der Waals surface area contributed by atoms with E-state index in [2.05, 4.69) is 0 Å². The minimum atomic E-state index is -0.672. The fraction of sp³-hybridized carbons (Fsp3) is 0.500. The maximum absolute atomic E-state index is 13.0. The highest BCUT2D eigenvalue weighted by atomic mass is 19.1. The minimum absolute atomic E-state index is 0.149. The molecular formula is C14H16F2O2. The molecule has 4 heteroatoms. The molecule has 2 rings (SSSR count). The molecule has 1 saturated carbocycles. The van der Waals surface area contributed by atoms with Crippen molar-refractivity contribution in [3.8, 4) is 5.75 Å². The molecule has 18 heavy (non-hydrogen) atoms. The Balaban J connectivity index is 2.17. The van der Waals surface area contributed by atoms with E-state index in [-0.39, 0.29) is 17.6 Å². The zero-order chi connectivity index (χ0) is 13.3. The molecule has 0 heterocycles. The molecule has 0 amide bonds. The largest absolute Gasteiger partial charge is 0.489 e. The lowest BCUT2D eigenvalue weighted by Crippen LogP contribution is -2.56. The molecule has 0 aromatic heterocycles. The van der Waals surface area contributed by atoms with Crippen LogP contribution in [0.25, 0.3) is 0 Å². The highest BCUT2D eigenvalue weighted by Crippen LogP contribution is 2.45. The van der Waals surface area contributed by atoms with Crippen molar-refractivity contribution in [1.82, 2.24) is 0 Å². The van der Waals surface area contributed by atoms with E-state index in [1.807, 2.05) is 13.8 Å². The van der Waals surface area contributed by atoms with Gasteiger partial charge in [0.25, 0.3) is 0 Å². The van der Waals surface area contributed by atoms with Crippen LogP contribution in [0.1, 0.15) is 33.1 Å². The summed E-state index contributed by atoms with van der Waals surface area (Å²) in [4.78, 5) is 11.7. The van der Waals surface area contributed by atoms with Crippen LogP contribution < -0.4 is 4.74 Å². The van der Waals surface area contributed by atoms with Crippen molar-refractivity contribution in [1.29, 1.82) is 0 Å². The Morgan fingerprint density at radius 2 is 1.78 bits per heavy atom. The second-order valence-electron chi connectivity index (χ2n) is 4.70. The molecule has 1 unspecified atom stereocenters. The maximum atomic E-state index is 13.0. The topological polar surface area (TPSA) is 26.3 Å². The van der Waals surface area contributed by atoms with Gasteiger partial charge in [0.2, 0.25) is 0 Å². The first-order valence-electron chi connectivity index (χ1n) is 6.18. The molecule has 1 atom stereocenters. The van der Waals surface area contributed by atoms with E-state index in [1.165, 1.54) is 0 Å². The van der Waals surface area contributed by atoms with E-state index in [1.54, 1.807) is 0 Å². The number of carbonyl (C=O) groups is 1. The van der Waals surface area contributed by atoms with Gasteiger partial charge in [-0.15, -0.1) is 0 Å². The number of ketones is 1. The van der Waals surface area contributed by atoms with E-state index >= 15 is 0 Å². The van der Waals surface area contributed by atoms with Crippen molar-refractivity contribution < 1.29 is 18.3 Å². The first kappa shape index (κ1) is 13.0. The van der Waals surface area contributed by atoms with Gasteiger partial charge in [0.15, 0.2) is 0 Å². The van der Waals surface area contributed by atoms with Gasteiger partial charge in [0, 0.05) is 24.6 Å². The lowest BCUT2D eigenvalue weighted by atomic mass is 9.61. The third-order valence-corrected chi connectivity index (χ3v) is 3.92. The second-order valence-corrected chi connectivity index (χ2v) is 4.70. The standard InChI is InChI=1S/C14H16F2O2/c1-3-14(4-2)12(17)8-13(14)18-11-6-9(15)5-10(16)7-11/h5-7,13H,3-4,8H2,1-2H3. The zero-order valence-corrected chi connectivity index (χ0v) is 10.5. The predicted octanol–water partition coefficient (Wildman–Crippen LogP) is 3.49. The fourth-order valence-electron chi connectivity index (χ4n) is 2.63. The highest BCUT2D eigenvalue weighted by molar-refractivity contribution is 5.92. The molecule has 1 aliphatic carbocycles. The van der Waals surface area contributed by atoms with E-state index in [0.717, 1.165) is 18.2 Å². The van der Waals surface area contributed by atoms with Crippen molar-refractivity contribution in [2.45, 2.75) is 39.2 Å². The third-order valence-electron chi connectivity index (χ3n) is 3.92. The Morgan fingerprint density at radius 3 is 2.22 bits per heavy atom. The molecule has 1 aromatic carbocycles. The molecule has 0 saturated heterocycles. The van der Waals surface area contributed by atoms with E-state index < -0.39 is 17.0 Å². The molecule has 0 bridgehead atoms. The number of benzene rings is 1. The van der Waals surface area contributed by atoms with E-state index in [0.29, 0.717) is 19.3 Å². The molecule has 0 radical (unpaired) electrons. The Labute approximate surface area is 105 Å². The van der Waals surface area contributed by atoms with Crippen molar-refractivity contribution in [3.05, 3.63) is 29.8 Å². The predicted molar refractivity (Wildman–Crippen MR) is 63.4 cm³/mol. The van der Waals surface area contributed by atoms with E-state index in [4.69, 9.17) is 4.74 Å². The zero-order valence-electron chi connectivity index (χ0n) is 10.5. The summed E-state index contributed by atoms with van der Waals surface area (Å²) in [5.74, 6) is -1.02. The smallest absolute Gasteiger partial charge is 0.146 e. The number of ether oxygens (including phenoxy) is 1. The summed E-state index contributed by atoms with van der Waals surface area (Å²) in [6, 6.07) is 3.08. The summed E-state index contributed by atoms with van der Waals surface area (Å²) in [6.07, 6.45) is 1.41. The first-order chi connectivity index (χ1) is 8.51. The van der Waals surface area contributed by atoms with E-state index in [9.17, 15) is 13.6 Å². The van der Waals surface area contributed by atoms with Crippen molar-refractivity contribution >= 4 is 5.78 Å². The molecule has 1 aromatic rings. The number of carbonyl (C=O) groups excluding carboxylic acids is 1. The number of Topliss-reactive ketones (excluding diaryl/α,β-unsaturated/α-hetero) is 1. The summed E-state index contributed by atoms with van der Waals surface area (Å²) in [5, 5.41) is 0. The summed E-state index contributed by atoms with van der Waals surface area (Å²) >= 11 is 0. The van der Waals surface area contributed by atoms with Crippen molar-refractivity contribution in [2.24, 2.45) is 5.41 Å².